The Kier molecular flexibility index (Phi) is 5.32. The number of ether oxygens (including phenoxy) is 1. The quantitative estimate of drug-likeness (QED) is 0.557. The van der Waals surface area contributed by atoms with Gasteiger partial charge in [-0.1, -0.05) is 6.08 Å². The van der Waals surface area contributed by atoms with Crippen molar-refractivity contribution in [3.8, 4) is 6.07 Å². The number of rotatable bonds is 7. The first-order chi connectivity index (χ1) is 7.79. The molecule has 0 aliphatic carbocycles. The van der Waals surface area contributed by atoms with Gasteiger partial charge in [-0.2, -0.15) is 9.64 Å². The van der Waals surface area contributed by atoms with Crippen LogP contribution in [0.4, 0.5) is 10.8 Å². The average molecular weight is 238 g/mol. The van der Waals surface area contributed by atoms with Crippen LogP contribution in [0.5, 0.6) is 0 Å². The van der Waals surface area contributed by atoms with Crippen LogP contribution in [0.25, 0.3) is 0 Å². The van der Waals surface area contributed by atoms with E-state index in [0.717, 1.165) is 6.42 Å². The van der Waals surface area contributed by atoms with Crippen molar-refractivity contribution in [2.24, 2.45) is 0 Å². The summed E-state index contributed by atoms with van der Waals surface area (Å²) < 4.78 is 9.21. The van der Waals surface area contributed by atoms with Gasteiger partial charge >= 0.3 is 0 Å². The summed E-state index contributed by atoms with van der Waals surface area (Å²) in [7, 11) is 0. The number of nitriles is 1. The van der Waals surface area contributed by atoms with Gasteiger partial charge in [0.15, 0.2) is 5.82 Å². The van der Waals surface area contributed by atoms with E-state index in [2.05, 4.69) is 16.3 Å². The summed E-state index contributed by atoms with van der Waals surface area (Å²) in [4.78, 5) is 0. The Labute approximate surface area is 98.7 Å². The summed E-state index contributed by atoms with van der Waals surface area (Å²) in [5, 5.41) is 12.6. The van der Waals surface area contributed by atoms with E-state index >= 15 is 0 Å². The second-order valence-electron chi connectivity index (χ2n) is 3.00. The van der Waals surface area contributed by atoms with Gasteiger partial charge in [0.2, 0.25) is 0 Å². The Bertz CT molecular complexity index is 383. The second-order valence-corrected chi connectivity index (χ2v) is 3.77. The van der Waals surface area contributed by atoms with E-state index in [1.165, 1.54) is 11.5 Å². The molecule has 0 amide bonds. The average Bonchev–Trinajstić information content (AvgIpc) is 2.64. The van der Waals surface area contributed by atoms with Crippen molar-refractivity contribution in [3.05, 3.63) is 18.2 Å². The van der Waals surface area contributed by atoms with E-state index in [0.29, 0.717) is 30.3 Å². The van der Waals surface area contributed by atoms with E-state index in [1.54, 1.807) is 0 Å². The van der Waals surface area contributed by atoms with E-state index in [-0.39, 0.29) is 5.82 Å². The van der Waals surface area contributed by atoms with Gasteiger partial charge in [0.05, 0.1) is 13.2 Å². The van der Waals surface area contributed by atoms with Gasteiger partial charge in [-0.05, 0) is 18.0 Å². The van der Waals surface area contributed by atoms with Crippen LogP contribution in [0.1, 0.15) is 12.0 Å². The molecular weight excluding hydrogens is 224 g/mol. The Morgan fingerprint density at radius 3 is 3.12 bits per heavy atom. The first-order valence-electron chi connectivity index (χ1n) is 4.87. The van der Waals surface area contributed by atoms with Gasteiger partial charge in [-0.25, -0.2) is 0 Å². The first-order valence-corrected chi connectivity index (χ1v) is 5.64. The molecule has 0 unspecified atom stereocenters. The summed E-state index contributed by atoms with van der Waals surface area (Å²) >= 11 is 1.19. The Morgan fingerprint density at radius 1 is 1.62 bits per heavy atom. The third-order valence-electron chi connectivity index (χ3n) is 1.83. The topological polar surface area (TPSA) is 84.0 Å². The highest BCUT2D eigenvalue weighted by Gasteiger charge is 2.09. The molecular formula is C10H14N4OS. The third kappa shape index (κ3) is 3.53. The number of hydrogen-bond acceptors (Lipinski definition) is 6. The molecule has 0 aromatic carbocycles. The van der Waals surface area contributed by atoms with Gasteiger partial charge in [0, 0.05) is 6.54 Å². The molecule has 16 heavy (non-hydrogen) atoms. The predicted molar refractivity (Wildman–Crippen MR) is 65.4 cm³/mol. The summed E-state index contributed by atoms with van der Waals surface area (Å²) in [5.41, 5.74) is 5.93. The van der Waals surface area contributed by atoms with Gasteiger partial charge in [-0.3, -0.25) is 0 Å². The number of nitrogens with one attached hydrogen (secondary N) is 1. The molecule has 1 heterocycles. The maximum Gasteiger partial charge on any atom is 0.157 e. The fourth-order valence-electron chi connectivity index (χ4n) is 1.04. The molecule has 0 saturated heterocycles. The van der Waals surface area contributed by atoms with Crippen LogP contribution in [-0.2, 0) is 4.74 Å². The van der Waals surface area contributed by atoms with E-state index < -0.39 is 0 Å². The lowest BCUT2D eigenvalue weighted by molar-refractivity contribution is 0.149. The largest absolute Gasteiger partial charge is 0.382 e. The summed E-state index contributed by atoms with van der Waals surface area (Å²) in [6, 6.07) is 2.01. The van der Waals surface area contributed by atoms with Crippen molar-refractivity contribution in [1.82, 2.24) is 4.37 Å². The Hall–Kier alpha value is -1.58. The standard InChI is InChI=1S/C10H14N4OS/c1-2-3-5-15-6-4-13-10-8(7-11)9(12)14-16-10/h2,13H,1,3-6H2,(H2,12,14). The zero-order valence-electron chi connectivity index (χ0n) is 8.90. The second kappa shape index (κ2) is 6.82. The SMILES string of the molecule is C=CCCOCCNc1snc(N)c1C#N. The Balaban J connectivity index is 2.27. The third-order valence-corrected chi connectivity index (χ3v) is 2.65. The Morgan fingerprint density at radius 2 is 2.44 bits per heavy atom. The highest BCUT2D eigenvalue weighted by Crippen LogP contribution is 2.24. The van der Waals surface area contributed by atoms with Crippen LogP contribution in [0.15, 0.2) is 12.7 Å². The monoisotopic (exact) mass is 238 g/mol. The van der Waals surface area contributed by atoms with Crippen molar-refractivity contribution in [2.45, 2.75) is 6.42 Å². The number of nitrogens with zero attached hydrogens (tertiary/aromatic N) is 2. The van der Waals surface area contributed by atoms with Crippen molar-refractivity contribution in [1.29, 1.82) is 5.26 Å². The minimum Gasteiger partial charge on any atom is -0.382 e. The number of nitrogens with two attached hydrogens (primary N) is 1. The van der Waals surface area contributed by atoms with Crippen LogP contribution in [-0.4, -0.2) is 24.1 Å². The van der Waals surface area contributed by atoms with Gasteiger partial charge in [-0.15, -0.1) is 6.58 Å². The predicted octanol–water partition coefficient (Wildman–Crippen LogP) is 1.60. The zero-order chi connectivity index (χ0) is 11.8. The van der Waals surface area contributed by atoms with Crippen molar-refractivity contribution in [2.75, 3.05) is 30.8 Å². The molecule has 5 nitrogen and oxygen atoms in total. The van der Waals surface area contributed by atoms with Crippen molar-refractivity contribution in [3.63, 3.8) is 0 Å². The first kappa shape index (κ1) is 12.5. The number of aromatic nitrogens is 1. The van der Waals surface area contributed by atoms with Gasteiger partial charge in [0.1, 0.15) is 16.6 Å². The van der Waals surface area contributed by atoms with Crippen molar-refractivity contribution >= 4 is 22.4 Å². The van der Waals surface area contributed by atoms with Crippen LogP contribution in [0, 0.1) is 11.3 Å². The molecule has 0 bridgehead atoms. The summed E-state index contributed by atoms with van der Waals surface area (Å²) in [6.07, 6.45) is 2.65. The smallest absolute Gasteiger partial charge is 0.157 e. The minimum absolute atomic E-state index is 0.280. The molecule has 0 aliphatic rings. The maximum absolute atomic E-state index is 8.82. The molecule has 1 rings (SSSR count). The van der Waals surface area contributed by atoms with Crippen LogP contribution < -0.4 is 11.1 Å². The van der Waals surface area contributed by atoms with Crippen LogP contribution >= 0.6 is 11.5 Å². The molecule has 1 aromatic heterocycles. The zero-order valence-corrected chi connectivity index (χ0v) is 9.72. The van der Waals surface area contributed by atoms with E-state index in [9.17, 15) is 0 Å². The van der Waals surface area contributed by atoms with Gasteiger partial charge in [0.25, 0.3) is 0 Å². The van der Waals surface area contributed by atoms with Crippen LogP contribution in [0.3, 0.4) is 0 Å². The van der Waals surface area contributed by atoms with E-state index in [4.69, 9.17) is 15.7 Å². The number of hydrogen-bond donors (Lipinski definition) is 2. The highest BCUT2D eigenvalue weighted by atomic mass is 32.1. The molecule has 1 aromatic rings. The minimum atomic E-state index is 0.280. The lowest BCUT2D eigenvalue weighted by Gasteiger charge is -2.04. The molecule has 0 saturated carbocycles. The van der Waals surface area contributed by atoms with E-state index in [1.807, 2.05) is 12.1 Å². The summed E-state index contributed by atoms with van der Waals surface area (Å²) in [5.74, 6) is 0.280. The molecule has 0 fully saturated rings. The maximum atomic E-state index is 8.82. The molecule has 0 aliphatic heterocycles. The van der Waals surface area contributed by atoms with Crippen molar-refractivity contribution < 1.29 is 4.74 Å². The lowest BCUT2D eigenvalue weighted by atomic mass is 10.3. The molecule has 0 atom stereocenters. The number of anilines is 2. The summed E-state index contributed by atoms with van der Waals surface area (Å²) in [6.45, 7) is 5.48. The highest BCUT2D eigenvalue weighted by molar-refractivity contribution is 7.10. The van der Waals surface area contributed by atoms with Crippen LogP contribution in [0.2, 0.25) is 0 Å². The number of nitrogen functional groups attached to an aromatic ring is 1. The fourth-order valence-corrected chi connectivity index (χ4v) is 1.73. The molecule has 0 radical (unpaired) electrons. The molecule has 0 spiro atoms. The fraction of sp³-hybridized carbons (Fsp3) is 0.400. The molecule has 6 heteroatoms. The van der Waals surface area contributed by atoms with Gasteiger partial charge < -0.3 is 15.8 Å². The lowest BCUT2D eigenvalue weighted by Crippen LogP contribution is -2.09. The normalized spacial score (nSPS) is 9.69. The molecule has 86 valence electrons. The molecule has 3 N–H and O–H groups in total.